The molecule has 0 amide bonds. The van der Waals surface area contributed by atoms with E-state index in [1.807, 2.05) is 24.3 Å². The number of hydrogen-bond donors (Lipinski definition) is 0. The number of para-hydroxylation sites is 1. The SMILES string of the molecule is O=Cc1ccc(Oc2ccccc2Br)cc1Cl. The van der Waals surface area contributed by atoms with E-state index < -0.39 is 0 Å². The molecule has 0 aliphatic heterocycles. The zero-order valence-corrected chi connectivity index (χ0v) is 11.0. The van der Waals surface area contributed by atoms with Gasteiger partial charge in [-0.15, -0.1) is 0 Å². The Bertz CT molecular complexity index is 555. The molecule has 0 aliphatic carbocycles. The lowest BCUT2D eigenvalue weighted by atomic mass is 10.2. The molecule has 0 heterocycles. The molecule has 2 rings (SSSR count). The van der Waals surface area contributed by atoms with Crippen molar-refractivity contribution < 1.29 is 9.53 Å². The van der Waals surface area contributed by atoms with Gasteiger partial charge in [-0.1, -0.05) is 23.7 Å². The maximum absolute atomic E-state index is 10.6. The predicted octanol–water partition coefficient (Wildman–Crippen LogP) is 4.71. The van der Waals surface area contributed by atoms with Gasteiger partial charge >= 0.3 is 0 Å². The zero-order chi connectivity index (χ0) is 12.3. The molecule has 4 heteroatoms. The quantitative estimate of drug-likeness (QED) is 0.768. The third-order valence-electron chi connectivity index (χ3n) is 2.16. The average Bonchev–Trinajstić information content (AvgIpc) is 2.32. The molecule has 2 aromatic rings. The van der Waals surface area contributed by atoms with E-state index in [-0.39, 0.29) is 0 Å². The summed E-state index contributed by atoms with van der Waals surface area (Å²) in [5.74, 6) is 1.29. The van der Waals surface area contributed by atoms with Crippen LogP contribution in [0.3, 0.4) is 0 Å². The minimum absolute atomic E-state index is 0.379. The Balaban J connectivity index is 2.28. The topological polar surface area (TPSA) is 26.3 Å². The first-order valence-electron chi connectivity index (χ1n) is 4.88. The van der Waals surface area contributed by atoms with Crippen LogP contribution < -0.4 is 4.74 Å². The Morgan fingerprint density at radius 1 is 1.18 bits per heavy atom. The number of carbonyl (C=O) groups is 1. The van der Waals surface area contributed by atoms with Crippen molar-refractivity contribution in [2.24, 2.45) is 0 Å². The van der Waals surface area contributed by atoms with Crippen LogP contribution in [0, 0.1) is 0 Å². The van der Waals surface area contributed by atoms with Crippen molar-refractivity contribution in [1.29, 1.82) is 0 Å². The number of rotatable bonds is 3. The van der Waals surface area contributed by atoms with Gasteiger partial charge in [-0.2, -0.15) is 0 Å². The van der Waals surface area contributed by atoms with E-state index in [0.29, 0.717) is 28.4 Å². The first-order valence-corrected chi connectivity index (χ1v) is 6.05. The molecule has 0 saturated heterocycles. The van der Waals surface area contributed by atoms with Crippen molar-refractivity contribution in [3.63, 3.8) is 0 Å². The van der Waals surface area contributed by atoms with Crippen LogP contribution in [-0.4, -0.2) is 6.29 Å². The summed E-state index contributed by atoms with van der Waals surface area (Å²) in [4.78, 5) is 10.6. The molecular formula is C13H8BrClO2. The molecule has 0 unspecified atom stereocenters. The second-order valence-electron chi connectivity index (χ2n) is 3.33. The third kappa shape index (κ3) is 2.87. The summed E-state index contributed by atoms with van der Waals surface area (Å²) in [5.41, 5.74) is 0.450. The lowest BCUT2D eigenvalue weighted by Crippen LogP contribution is -1.87. The molecule has 0 atom stereocenters. The average molecular weight is 312 g/mol. The van der Waals surface area contributed by atoms with Crippen molar-refractivity contribution in [3.8, 4) is 11.5 Å². The molecule has 0 saturated carbocycles. The van der Waals surface area contributed by atoms with E-state index in [1.54, 1.807) is 18.2 Å². The summed E-state index contributed by atoms with van der Waals surface area (Å²) in [6.07, 6.45) is 0.713. The highest BCUT2D eigenvalue weighted by Crippen LogP contribution is 2.31. The van der Waals surface area contributed by atoms with Crippen molar-refractivity contribution in [2.45, 2.75) is 0 Å². The minimum atomic E-state index is 0.379. The zero-order valence-electron chi connectivity index (χ0n) is 8.69. The highest BCUT2D eigenvalue weighted by molar-refractivity contribution is 9.10. The molecule has 2 aromatic carbocycles. The van der Waals surface area contributed by atoms with Crippen LogP contribution in [-0.2, 0) is 0 Å². The fraction of sp³-hybridized carbons (Fsp3) is 0. The number of hydrogen-bond acceptors (Lipinski definition) is 2. The fourth-order valence-corrected chi connectivity index (χ4v) is 1.90. The highest BCUT2D eigenvalue weighted by atomic mass is 79.9. The summed E-state index contributed by atoms with van der Waals surface area (Å²) in [6, 6.07) is 12.4. The number of carbonyl (C=O) groups excluding carboxylic acids is 1. The van der Waals surface area contributed by atoms with Gasteiger partial charge < -0.3 is 4.74 Å². The minimum Gasteiger partial charge on any atom is -0.456 e. The van der Waals surface area contributed by atoms with E-state index in [1.165, 1.54) is 0 Å². The third-order valence-corrected chi connectivity index (χ3v) is 3.15. The molecule has 0 radical (unpaired) electrons. The molecular weight excluding hydrogens is 303 g/mol. The monoisotopic (exact) mass is 310 g/mol. The van der Waals surface area contributed by atoms with Crippen LogP contribution in [0.2, 0.25) is 5.02 Å². The Morgan fingerprint density at radius 2 is 1.94 bits per heavy atom. The van der Waals surface area contributed by atoms with Crippen LogP contribution >= 0.6 is 27.5 Å². The Morgan fingerprint density at radius 3 is 2.59 bits per heavy atom. The second kappa shape index (κ2) is 5.34. The Hall–Kier alpha value is -1.32. The van der Waals surface area contributed by atoms with Gasteiger partial charge in [0.2, 0.25) is 0 Å². The van der Waals surface area contributed by atoms with Gasteiger partial charge in [-0.25, -0.2) is 0 Å². The van der Waals surface area contributed by atoms with Crippen LogP contribution in [0.4, 0.5) is 0 Å². The predicted molar refractivity (Wildman–Crippen MR) is 71.1 cm³/mol. The van der Waals surface area contributed by atoms with E-state index in [2.05, 4.69) is 15.9 Å². The second-order valence-corrected chi connectivity index (χ2v) is 4.60. The van der Waals surface area contributed by atoms with E-state index in [4.69, 9.17) is 16.3 Å². The number of halogens is 2. The number of benzene rings is 2. The molecule has 86 valence electrons. The summed E-state index contributed by atoms with van der Waals surface area (Å²) in [6.45, 7) is 0. The maximum atomic E-state index is 10.6. The van der Waals surface area contributed by atoms with Crippen LogP contribution in [0.1, 0.15) is 10.4 Å². The van der Waals surface area contributed by atoms with Crippen molar-refractivity contribution >= 4 is 33.8 Å². The summed E-state index contributed by atoms with van der Waals surface area (Å²) in [5, 5.41) is 0.379. The normalized spacial score (nSPS) is 10.0. The van der Waals surface area contributed by atoms with Gasteiger partial charge in [0.15, 0.2) is 6.29 Å². The highest BCUT2D eigenvalue weighted by Gasteiger charge is 2.04. The first-order chi connectivity index (χ1) is 8.20. The van der Waals surface area contributed by atoms with Crippen LogP contribution in [0.5, 0.6) is 11.5 Å². The Kier molecular flexibility index (Phi) is 3.82. The van der Waals surface area contributed by atoms with Gasteiger partial charge in [-0.3, -0.25) is 4.79 Å². The van der Waals surface area contributed by atoms with Crippen molar-refractivity contribution in [1.82, 2.24) is 0 Å². The maximum Gasteiger partial charge on any atom is 0.151 e. The molecule has 2 nitrogen and oxygen atoms in total. The summed E-state index contributed by atoms with van der Waals surface area (Å²) < 4.78 is 6.50. The van der Waals surface area contributed by atoms with Crippen molar-refractivity contribution in [2.75, 3.05) is 0 Å². The molecule has 0 aliphatic rings. The van der Waals surface area contributed by atoms with Gasteiger partial charge in [0.05, 0.1) is 9.50 Å². The summed E-state index contributed by atoms with van der Waals surface area (Å²) >= 11 is 9.30. The largest absolute Gasteiger partial charge is 0.456 e. The van der Waals surface area contributed by atoms with E-state index >= 15 is 0 Å². The first kappa shape index (κ1) is 12.1. The lowest BCUT2D eigenvalue weighted by Gasteiger charge is -2.08. The van der Waals surface area contributed by atoms with Crippen LogP contribution in [0.15, 0.2) is 46.9 Å². The Labute approximate surface area is 112 Å². The molecule has 17 heavy (non-hydrogen) atoms. The number of ether oxygens (including phenoxy) is 1. The fourth-order valence-electron chi connectivity index (χ4n) is 1.32. The van der Waals surface area contributed by atoms with Gasteiger partial charge in [0, 0.05) is 11.6 Å². The van der Waals surface area contributed by atoms with E-state index in [0.717, 1.165) is 4.47 Å². The van der Waals surface area contributed by atoms with Crippen LogP contribution in [0.25, 0.3) is 0 Å². The molecule has 0 aromatic heterocycles. The van der Waals surface area contributed by atoms with Gasteiger partial charge in [-0.05, 0) is 40.2 Å². The van der Waals surface area contributed by atoms with E-state index in [9.17, 15) is 4.79 Å². The van der Waals surface area contributed by atoms with Gasteiger partial charge in [0.1, 0.15) is 11.5 Å². The smallest absolute Gasteiger partial charge is 0.151 e. The molecule has 0 N–H and O–H groups in total. The van der Waals surface area contributed by atoms with Gasteiger partial charge in [0.25, 0.3) is 0 Å². The molecule has 0 spiro atoms. The standard InChI is InChI=1S/C13H8BrClO2/c14-11-3-1-2-4-13(11)17-10-6-5-9(8-16)12(15)7-10/h1-8H. The summed E-state index contributed by atoms with van der Waals surface area (Å²) in [7, 11) is 0. The lowest BCUT2D eigenvalue weighted by molar-refractivity contribution is 0.112. The molecule has 0 bridgehead atoms. The number of aldehydes is 1. The molecule has 0 fully saturated rings. The van der Waals surface area contributed by atoms with Crippen molar-refractivity contribution in [3.05, 3.63) is 57.5 Å².